The van der Waals surface area contributed by atoms with E-state index in [1.165, 1.54) is 16.8 Å². The molecule has 0 radical (unpaired) electrons. The molecule has 2 aromatic heterocycles. The number of hydrogen-bond donors (Lipinski definition) is 1. The van der Waals surface area contributed by atoms with E-state index in [2.05, 4.69) is 5.10 Å². The maximum absolute atomic E-state index is 11.8. The summed E-state index contributed by atoms with van der Waals surface area (Å²) in [5.74, 6) is 0.572. The molecule has 3 aromatic rings. The summed E-state index contributed by atoms with van der Waals surface area (Å²) >= 11 is 0. The van der Waals surface area contributed by atoms with Crippen LogP contribution in [0.3, 0.4) is 0 Å². The van der Waals surface area contributed by atoms with E-state index in [1.807, 2.05) is 6.92 Å². The molecule has 0 aliphatic rings. The van der Waals surface area contributed by atoms with E-state index < -0.39 is 16.0 Å². The average Bonchev–Trinajstić information content (AvgIpc) is 3.21. The first kappa shape index (κ1) is 18.9. The Kier molecular flexibility index (Phi) is 5.15. The molecule has 1 aromatic carbocycles. The molecular weight excluding hydrogens is 370 g/mol. The molecule has 142 valence electrons. The van der Waals surface area contributed by atoms with Crippen LogP contribution in [0.2, 0.25) is 0 Å². The summed E-state index contributed by atoms with van der Waals surface area (Å²) < 4.78 is 35.4. The molecule has 27 heavy (non-hydrogen) atoms. The third kappa shape index (κ3) is 4.26. The molecule has 0 unspecified atom stereocenters. The van der Waals surface area contributed by atoms with Gasteiger partial charge in [0, 0.05) is 5.56 Å². The number of esters is 1. The number of sulfonamides is 1. The second-order valence-corrected chi connectivity index (χ2v) is 7.43. The third-order valence-corrected chi connectivity index (χ3v) is 4.70. The number of rotatable bonds is 6. The molecule has 0 atom stereocenters. The van der Waals surface area contributed by atoms with Gasteiger partial charge in [-0.2, -0.15) is 5.10 Å². The number of carbonyl (C=O) groups is 1. The van der Waals surface area contributed by atoms with E-state index in [4.69, 9.17) is 14.3 Å². The number of nitrogens with zero attached hydrogens (tertiary/aromatic N) is 2. The molecule has 0 saturated carbocycles. The lowest BCUT2D eigenvalue weighted by Crippen LogP contribution is -2.15. The summed E-state index contributed by atoms with van der Waals surface area (Å²) in [5.41, 5.74) is 1.92. The summed E-state index contributed by atoms with van der Waals surface area (Å²) in [6, 6.07) is 11.4. The van der Waals surface area contributed by atoms with Gasteiger partial charge in [0.25, 0.3) is 0 Å². The lowest BCUT2D eigenvalue weighted by molar-refractivity contribution is -0.144. The number of ether oxygens (including phenoxy) is 1. The van der Waals surface area contributed by atoms with Crippen LogP contribution < -0.4 is 5.14 Å². The van der Waals surface area contributed by atoms with Gasteiger partial charge < -0.3 is 9.15 Å². The zero-order chi connectivity index (χ0) is 19.6. The van der Waals surface area contributed by atoms with Crippen LogP contribution in [-0.4, -0.2) is 30.8 Å². The standard InChI is InChI=1S/C18H19N3O5S/c1-3-25-18(22)11-21-15(9-12(2)20-21)17-8-7-16(26-17)13-5-4-6-14(10-13)27(19,23)24/h4-10H,3,11H2,1-2H3,(H2,19,23,24). The van der Waals surface area contributed by atoms with Crippen molar-refractivity contribution in [1.82, 2.24) is 9.78 Å². The fourth-order valence-corrected chi connectivity index (χ4v) is 3.21. The van der Waals surface area contributed by atoms with Crippen molar-refractivity contribution in [2.45, 2.75) is 25.3 Å². The summed E-state index contributed by atoms with van der Waals surface area (Å²) in [6.07, 6.45) is 0. The highest BCUT2D eigenvalue weighted by atomic mass is 32.2. The summed E-state index contributed by atoms with van der Waals surface area (Å²) in [4.78, 5) is 11.8. The molecule has 3 rings (SSSR count). The van der Waals surface area contributed by atoms with Crippen molar-refractivity contribution < 1.29 is 22.4 Å². The van der Waals surface area contributed by atoms with Crippen LogP contribution in [0.4, 0.5) is 0 Å². The van der Waals surface area contributed by atoms with Crippen LogP contribution >= 0.6 is 0 Å². The maximum atomic E-state index is 11.8. The lowest BCUT2D eigenvalue weighted by Gasteiger charge is -2.05. The van der Waals surface area contributed by atoms with Crippen molar-refractivity contribution in [3.63, 3.8) is 0 Å². The summed E-state index contributed by atoms with van der Waals surface area (Å²) in [6.45, 7) is 3.81. The van der Waals surface area contributed by atoms with Gasteiger partial charge in [-0.05, 0) is 44.2 Å². The van der Waals surface area contributed by atoms with Crippen molar-refractivity contribution in [3.05, 3.63) is 48.2 Å². The van der Waals surface area contributed by atoms with Crippen molar-refractivity contribution in [3.8, 4) is 22.8 Å². The number of benzene rings is 1. The Bertz CT molecular complexity index is 1080. The molecule has 0 amide bonds. The van der Waals surface area contributed by atoms with Gasteiger partial charge in [0.2, 0.25) is 10.0 Å². The number of nitrogens with two attached hydrogens (primary N) is 1. The zero-order valence-corrected chi connectivity index (χ0v) is 15.7. The van der Waals surface area contributed by atoms with Crippen LogP contribution in [0.1, 0.15) is 12.6 Å². The van der Waals surface area contributed by atoms with E-state index >= 15 is 0 Å². The first-order valence-electron chi connectivity index (χ1n) is 8.21. The number of primary sulfonamides is 1. The molecule has 0 saturated heterocycles. The van der Waals surface area contributed by atoms with Crippen molar-refractivity contribution in [2.75, 3.05) is 6.61 Å². The molecule has 8 nitrogen and oxygen atoms in total. The maximum Gasteiger partial charge on any atom is 0.327 e. The predicted molar refractivity (Wildman–Crippen MR) is 98.1 cm³/mol. The molecular formula is C18H19N3O5S. The SMILES string of the molecule is CCOC(=O)Cn1nc(C)cc1-c1ccc(-c2cccc(S(N)(=O)=O)c2)o1. The molecule has 9 heteroatoms. The number of aryl methyl sites for hydroxylation is 1. The Hall–Kier alpha value is -2.91. The minimum absolute atomic E-state index is 0.00106. The first-order chi connectivity index (χ1) is 12.8. The Morgan fingerprint density at radius 3 is 2.67 bits per heavy atom. The highest BCUT2D eigenvalue weighted by molar-refractivity contribution is 7.89. The van der Waals surface area contributed by atoms with Crippen molar-refractivity contribution >= 4 is 16.0 Å². The van der Waals surface area contributed by atoms with Gasteiger partial charge in [0.05, 0.1) is 17.2 Å². The van der Waals surface area contributed by atoms with Gasteiger partial charge in [0.15, 0.2) is 5.76 Å². The Labute approximate surface area is 156 Å². The van der Waals surface area contributed by atoms with Gasteiger partial charge in [-0.25, -0.2) is 13.6 Å². The summed E-state index contributed by atoms with van der Waals surface area (Å²) in [5, 5.41) is 9.48. The van der Waals surface area contributed by atoms with Crippen molar-refractivity contribution in [2.24, 2.45) is 5.14 Å². The zero-order valence-electron chi connectivity index (χ0n) is 14.9. The predicted octanol–water partition coefficient (Wildman–Crippen LogP) is 2.33. The largest absolute Gasteiger partial charge is 0.465 e. The van der Waals surface area contributed by atoms with Crippen LogP contribution in [0.25, 0.3) is 22.8 Å². The van der Waals surface area contributed by atoms with Gasteiger partial charge >= 0.3 is 5.97 Å². The monoisotopic (exact) mass is 389 g/mol. The molecule has 2 N–H and O–H groups in total. The number of carbonyl (C=O) groups excluding carboxylic acids is 1. The Morgan fingerprint density at radius 1 is 1.22 bits per heavy atom. The Morgan fingerprint density at radius 2 is 1.96 bits per heavy atom. The normalized spacial score (nSPS) is 11.5. The molecule has 2 heterocycles. The van der Waals surface area contributed by atoms with Gasteiger partial charge in [-0.1, -0.05) is 12.1 Å². The average molecular weight is 389 g/mol. The molecule has 0 aliphatic carbocycles. The molecule has 0 fully saturated rings. The Balaban J connectivity index is 1.94. The van der Waals surface area contributed by atoms with Gasteiger partial charge in [-0.3, -0.25) is 9.48 Å². The topological polar surface area (TPSA) is 117 Å². The van der Waals surface area contributed by atoms with E-state index in [0.29, 0.717) is 29.4 Å². The fraction of sp³-hybridized carbons (Fsp3) is 0.222. The van der Waals surface area contributed by atoms with E-state index in [1.54, 1.807) is 37.3 Å². The van der Waals surface area contributed by atoms with E-state index in [0.717, 1.165) is 5.69 Å². The quantitative estimate of drug-likeness (QED) is 0.647. The lowest BCUT2D eigenvalue weighted by atomic mass is 10.2. The van der Waals surface area contributed by atoms with Crippen LogP contribution in [0.5, 0.6) is 0 Å². The van der Waals surface area contributed by atoms with E-state index in [9.17, 15) is 13.2 Å². The highest BCUT2D eigenvalue weighted by Gasteiger charge is 2.16. The highest BCUT2D eigenvalue weighted by Crippen LogP contribution is 2.30. The first-order valence-corrected chi connectivity index (χ1v) is 9.76. The number of hydrogen-bond acceptors (Lipinski definition) is 6. The molecule has 0 aliphatic heterocycles. The second-order valence-electron chi connectivity index (χ2n) is 5.87. The molecule has 0 spiro atoms. The summed E-state index contributed by atoms with van der Waals surface area (Å²) in [7, 11) is -3.81. The molecule has 0 bridgehead atoms. The van der Waals surface area contributed by atoms with Crippen LogP contribution in [0.15, 0.2) is 51.8 Å². The number of aromatic nitrogens is 2. The number of furan rings is 1. The minimum Gasteiger partial charge on any atom is -0.465 e. The third-order valence-electron chi connectivity index (χ3n) is 3.79. The van der Waals surface area contributed by atoms with E-state index in [-0.39, 0.29) is 11.4 Å². The van der Waals surface area contributed by atoms with Crippen LogP contribution in [-0.2, 0) is 26.1 Å². The smallest absolute Gasteiger partial charge is 0.327 e. The second kappa shape index (κ2) is 7.37. The minimum atomic E-state index is -3.81. The van der Waals surface area contributed by atoms with Crippen molar-refractivity contribution in [1.29, 1.82) is 0 Å². The van der Waals surface area contributed by atoms with Gasteiger partial charge in [0.1, 0.15) is 18.0 Å². The fourth-order valence-electron chi connectivity index (χ4n) is 2.65. The van der Waals surface area contributed by atoms with Gasteiger partial charge in [-0.15, -0.1) is 0 Å². The van der Waals surface area contributed by atoms with Crippen LogP contribution in [0, 0.1) is 6.92 Å².